The molecule has 7 heteroatoms. The average molecular weight is 391 g/mol. The number of pyridine rings is 1. The first-order valence-corrected chi connectivity index (χ1v) is 9.49. The molecule has 148 valence electrons. The number of allylic oxidation sites excluding steroid dienone is 1. The monoisotopic (exact) mass is 391 g/mol. The van der Waals surface area contributed by atoms with Crippen LogP contribution in [0.4, 0.5) is 5.69 Å². The maximum atomic E-state index is 12.3. The van der Waals surface area contributed by atoms with E-state index in [4.69, 9.17) is 9.47 Å². The molecule has 2 N–H and O–H groups in total. The number of carbonyl (C=O) groups is 1. The third-order valence-corrected chi connectivity index (χ3v) is 5.40. The smallest absolute Gasteiger partial charge is 0.334 e. The van der Waals surface area contributed by atoms with Gasteiger partial charge in [-0.25, -0.2) is 9.78 Å². The number of benzene rings is 1. The van der Waals surface area contributed by atoms with Gasteiger partial charge in [0.2, 0.25) is 5.88 Å². The lowest BCUT2D eigenvalue weighted by Gasteiger charge is -2.32. The number of nitrogens with zero attached hydrogens (tertiary/aromatic N) is 2. The molecule has 1 unspecified atom stereocenters. The van der Waals surface area contributed by atoms with Gasteiger partial charge in [-0.15, -0.1) is 0 Å². The summed E-state index contributed by atoms with van der Waals surface area (Å²) in [5.41, 5.74) is 5.24. The summed E-state index contributed by atoms with van der Waals surface area (Å²) in [7, 11) is 0. The Bertz CT molecular complexity index is 1100. The van der Waals surface area contributed by atoms with Gasteiger partial charge in [-0.1, -0.05) is 6.07 Å². The molecule has 0 spiro atoms. The number of anilines is 1. The second-order valence-electron chi connectivity index (χ2n) is 7.09. The van der Waals surface area contributed by atoms with Crippen molar-refractivity contribution in [3.8, 4) is 17.7 Å². The molecule has 1 aromatic carbocycles. The zero-order valence-corrected chi connectivity index (χ0v) is 16.5. The van der Waals surface area contributed by atoms with Gasteiger partial charge in [0.15, 0.2) is 0 Å². The van der Waals surface area contributed by atoms with E-state index in [0.29, 0.717) is 53.7 Å². The largest absolute Gasteiger partial charge is 0.493 e. The Hall–Kier alpha value is -3.53. The van der Waals surface area contributed by atoms with Crippen molar-refractivity contribution < 1.29 is 19.4 Å². The standard InChI is InChI=1S/C22H21N3O4/c1-4-28-21-18-17(15-6-5-13(9-23)14-7-8-29-20(14)15)16(22(26)27)12(3)25-19(18)11(2)10-24-21/h5-6,10,17,25H,4,7-8H2,1-3H3,(H,26,27). The van der Waals surface area contributed by atoms with E-state index in [1.807, 2.05) is 13.8 Å². The Morgan fingerprint density at radius 3 is 2.93 bits per heavy atom. The number of nitriles is 1. The van der Waals surface area contributed by atoms with Crippen molar-refractivity contribution in [1.29, 1.82) is 5.26 Å². The Balaban J connectivity index is 2.05. The van der Waals surface area contributed by atoms with Gasteiger partial charge >= 0.3 is 5.97 Å². The Morgan fingerprint density at radius 1 is 1.45 bits per heavy atom. The molecule has 0 amide bonds. The van der Waals surface area contributed by atoms with Gasteiger partial charge in [0.25, 0.3) is 0 Å². The van der Waals surface area contributed by atoms with Crippen LogP contribution in [0.1, 0.15) is 47.6 Å². The minimum Gasteiger partial charge on any atom is -0.493 e. The van der Waals surface area contributed by atoms with E-state index in [2.05, 4.69) is 16.4 Å². The van der Waals surface area contributed by atoms with Crippen LogP contribution in [0.25, 0.3) is 0 Å². The van der Waals surface area contributed by atoms with E-state index in [-0.39, 0.29) is 5.57 Å². The van der Waals surface area contributed by atoms with Crippen molar-refractivity contribution in [2.75, 3.05) is 18.5 Å². The molecule has 29 heavy (non-hydrogen) atoms. The number of carboxylic acids is 1. The fraction of sp³-hybridized carbons (Fsp3) is 0.318. The van der Waals surface area contributed by atoms with Gasteiger partial charge in [-0.2, -0.15) is 5.26 Å². The molecular weight excluding hydrogens is 370 g/mol. The maximum Gasteiger partial charge on any atom is 0.334 e. The zero-order valence-electron chi connectivity index (χ0n) is 16.5. The highest BCUT2D eigenvalue weighted by Crippen LogP contribution is 2.50. The first-order chi connectivity index (χ1) is 14.0. The lowest BCUT2D eigenvalue weighted by atomic mass is 9.79. The highest BCUT2D eigenvalue weighted by molar-refractivity contribution is 5.94. The minimum atomic E-state index is -1.02. The predicted molar refractivity (Wildman–Crippen MR) is 106 cm³/mol. The molecule has 0 fully saturated rings. The summed E-state index contributed by atoms with van der Waals surface area (Å²) in [5.74, 6) is -0.659. The lowest BCUT2D eigenvalue weighted by Crippen LogP contribution is -2.25. The van der Waals surface area contributed by atoms with Gasteiger partial charge in [-0.05, 0) is 32.4 Å². The molecule has 0 saturated carbocycles. The molecule has 2 aromatic rings. The van der Waals surface area contributed by atoms with Crippen LogP contribution in [0.2, 0.25) is 0 Å². The predicted octanol–water partition coefficient (Wildman–Crippen LogP) is 3.51. The molecule has 0 saturated heterocycles. The first kappa shape index (κ1) is 18.8. The SMILES string of the molecule is CCOc1ncc(C)c2c1C(c1ccc(C#N)c3c1OCC3)C(C(=O)O)=C(C)N2. The number of aromatic nitrogens is 1. The number of hydrogen-bond acceptors (Lipinski definition) is 6. The number of aryl methyl sites for hydroxylation is 1. The number of ether oxygens (including phenoxy) is 2. The number of nitrogens with one attached hydrogen (secondary N) is 1. The molecule has 2 aliphatic heterocycles. The maximum absolute atomic E-state index is 12.3. The van der Waals surface area contributed by atoms with Crippen molar-refractivity contribution >= 4 is 11.7 Å². The highest BCUT2D eigenvalue weighted by Gasteiger charge is 2.39. The molecule has 1 aromatic heterocycles. The van der Waals surface area contributed by atoms with Crippen LogP contribution in [0.15, 0.2) is 29.6 Å². The molecule has 7 nitrogen and oxygen atoms in total. The third-order valence-electron chi connectivity index (χ3n) is 5.40. The number of hydrogen-bond donors (Lipinski definition) is 2. The molecule has 1 atom stereocenters. The Morgan fingerprint density at radius 2 is 2.24 bits per heavy atom. The first-order valence-electron chi connectivity index (χ1n) is 9.49. The Labute approximate surface area is 168 Å². The average Bonchev–Trinajstić information content (AvgIpc) is 3.18. The van der Waals surface area contributed by atoms with E-state index >= 15 is 0 Å². The molecule has 4 rings (SSSR count). The van der Waals surface area contributed by atoms with Gasteiger partial charge in [-0.3, -0.25) is 0 Å². The van der Waals surface area contributed by atoms with Gasteiger partial charge in [0, 0.05) is 29.4 Å². The van der Waals surface area contributed by atoms with Crippen molar-refractivity contribution in [2.45, 2.75) is 33.1 Å². The summed E-state index contributed by atoms with van der Waals surface area (Å²) < 4.78 is 11.7. The fourth-order valence-electron chi connectivity index (χ4n) is 4.16. The minimum absolute atomic E-state index is 0.216. The summed E-state index contributed by atoms with van der Waals surface area (Å²) in [6.45, 7) is 6.41. The second kappa shape index (κ2) is 7.13. The quantitative estimate of drug-likeness (QED) is 0.822. The van der Waals surface area contributed by atoms with Gasteiger partial charge in [0.1, 0.15) is 5.75 Å². The van der Waals surface area contributed by atoms with Gasteiger partial charge in [0.05, 0.1) is 47.6 Å². The molecule has 0 bridgehead atoms. The van der Waals surface area contributed by atoms with Crippen LogP contribution in [-0.2, 0) is 11.2 Å². The van der Waals surface area contributed by atoms with E-state index < -0.39 is 11.9 Å². The summed E-state index contributed by atoms with van der Waals surface area (Å²) in [6.07, 6.45) is 2.34. The summed E-state index contributed by atoms with van der Waals surface area (Å²) in [4.78, 5) is 16.7. The van der Waals surface area contributed by atoms with Crippen LogP contribution in [0, 0.1) is 18.3 Å². The van der Waals surface area contributed by atoms with Crippen LogP contribution < -0.4 is 14.8 Å². The number of aliphatic carboxylic acids is 1. The van der Waals surface area contributed by atoms with Crippen molar-refractivity contribution in [3.63, 3.8) is 0 Å². The van der Waals surface area contributed by atoms with Crippen LogP contribution in [-0.4, -0.2) is 29.3 Å². The van der Waals surface area contributed by atoms with Gasteiger partial charge < -0.3 is 19.9 Å². The van der Waals surface area contributed by atoms with Crippen molar-refractivity contribution in [2.24, 2.45) is 0 Å². The molecule has 3 heterocycles. The zero-order chi connectivity index (χ0) is 20.7. The molecular formula is C22H21N3O4. The van der Waals surface area contributed by atoms with Crippen LogP contribution >= 0.6 is 0 Å². The van der Waals surface area contributed by atoms with E-state index in [1.165, 1.54) is 0 Å². The Kier molecular flexibility index (Phi) is 4.63. The van der Waals surface area contributed by atoms with E-state index in [0.717, 1.165) is 16.8 Å². The molecule has 0 aliphatic carbocycles. The summed E-state index contributed by atoms with van der Waals surface area (Å²) in [6, 6.07) is 5.73. The molecule has 2 aliphatic rings. The van der Waals surface area contributed by atoms with E-state index in [9.17, 15) is 15.2 Å². The van der Waals surface area contributed by atoms with Crippen molar-refractivity contribution in [3.05, 3.63) is 57.4 Å². The molecule has 0 radical (unpaired) electrons. The number of fused-ring (bicyclic) bond motifs is 2. The normalized spacial score (nSPS) is 17.0. The summed E-state index contributed by atoms with van der Waals surface area (Å²) >= 11 is 0. The highest BCUT2D eigenvalue weighted by atomic mass is 16.5. The fourth-order valence-corrected chi connectivity index (χ4v) is 4.16. The van der Waals surface area contributed by atoms with Crippen LogP contribution in [0.3, 0.4) is 0 Å². The van der Waals surface area contributed by atoms with Crippen molar-refractivity contribution in [1.82, 2.24) is 4.98 Å². The van der Waals surface area contributed by atoms with E-state index in [1.54, 1.807) is 25.3 Å². The number of carboxylic acid groups (broad SMARTS) is 1. The number of rotatable bonds is 4. The third kappa shape index (κ3) is 2.88. The van der Waals surface area contributed by atoms with Crippen LogP contribution in [0.5, 0.6) is 11.6 Å². The second-order valence-corrected chi connectivity index (χ2v) is 7.09. The summed E-state index contributed by atoms with van der Waals surface area (Å²) in [5, 5.41) is 22.7. The lowest BCUT2D eigenvalue weighted by molar-refractivity contribution is -0.133. The topological polar surface area (TPSA) is 104 Å².